The molecule has 1 aromatic carbocycles. The van der Waals surface area contributed by atoms with Crippen LogP contribution in [0.3, 0.4) is 0 Å². The van der Waals surface area contributed by atoms with Crippen molar-refractivity contribution >= 4 is 0 Å². The maximum absolute atomic E-state index is 2.66. The second-order valence-corrected chi connectivity index (χ2v) is 6.50. The number of nitrogens with zero attached hydrogens (tertiary/aromatic N) is 2. The summed E-state index contributed by atoms with van der Waals surface area (Å²) >= 11 is 0. The number of unbranched alkanes of at least 4 members (excludes halogenated alkanes) is 2. The fraction of sp³-hybridized carbons (Fsp3) is 0.684. The summed E-state index contributed by atoms with van der Waals surface area (Å²) in [5, 5.41) is 0. The van der Waals surface area contributed by atoms with Gasteiger partial charge in [0.15, 0.2) is 0 Å². The Balaban J connectivity index is 1.64. The van der Waals surface area contributed by atoms with Crippen LogP contribution < -0.4 is 0 Å². The molecule has 1 aliphatic rings. The normalized spacial score (nSPS) is 17.5. The highest BCUT2D eigenvalue weighted by Gasteiger charge is 2.21. The van der Waals surface area contributed by atoms with Crippen LogP contribution in [0.4, 0.5) is 0 Å². The molecule has 0 radical (unpaired) electrons. The van der Waals surface area contributed by atoms with E-state index >= 15 is 0 Å². The summed E-state index contributed by atoms with van der Waals surface area (Å²) in [5.74, 6) is 0. The molecule has 0 aromatic heterocycles. The maximum atomic E-state index is 2.66. The molecule has 0 N–H and O–H groups in total. The number of likely N-dealkylation sites (tertiary alicyclic amines) is 1. The Hall–Kier alpha value is -0.860. The van der Waals surface area contributed by atoms with E-state index in [1.165, 1.54) is 70.3 Å². The van der Waals surface area contributed by atoms with Gasteiger partial charge in [-0.2, -0.15) is 0 Å². The van der Waals surface area contributed by atoms with Gasteiger partial charge >= 0.3 is 0 Å². The molecule has 0 atom stereocenters. The first-order chi connectivity index (χ1) is 10.3. The topological polar surface area (TPSA) is 6.48 Å². The maximum Gasteiger partial charge on any atom is 0.0117 e. The average Bonchev–Trinajstić information content (AvgIpc) is 2.54. The summed E-state index contributed by atoms with van der Waals surface area (Å²) in [4.78, 5) is 5.24. The number of hydrogen-bond donors (Lipinski definition) is 0. The van der Waals surface area contributed by atoms with E-state index in [-0.39, 0.29) is 0 Å². The number of piperidine rings is 1. The highest BCUT2D eigenvalue weighted by atomic mass is 15.2. The third-order valence-electron chi connectivity index (χ3n) is 4.85. The minimum Gasteiger partial charge on any atom is -0.303 e. The highest BCUT2D eigenvalue weighted by molar-refractivity contribution is 5.14. The van der Waals surface area contributed by atoms with Crippen molar-refractivity contribution in [2.75, 3.05) is 33.2 Å². The van der Waals surface area contributed by atoms with Crippen LogP contribution in [0, 0.1) is 0 Å². The summed E-state index contributed by atoms with van der Waals surface area (Å²) in [6, 6.07) is 11.7. The van der Waals surface area contributed by atoms with Crippen molar-refractivity contribution in [2.45, 2.75) is 51.5 Å². The zero-order valence-corrected chi connectivity index (χ0v) is 13.9. The zero-order valence-electron chi connectivity index (χ0n) is 13.9. The SMILES string of the molecule is CCCCCN1CCC(N(C)CCc2ccccc2)CC1. The largest absolute Gasteiger partial charge is 0.303 e. The van der Waals surface area contributed by atoms with E-state index < -0.39 is 0 Å². The molecular weight excluding hydrogens is 256 g/mol. The molecule has 1 aliphatic heterocycles. The quantitative estimate of drug-likeness (QED) is 0.671. The van der Waals surface area contributed by atoms with Crippen LogP contribution in [0.25, 0.3) is 0 Å². The van der Waals surface area contributed by atoms with Gasteiger partial charge in [0, 0.05) is 12.6 Å². The number of hydrogen-bond acceptors (Lipinski definition) is 2. The first kappa shape index (κ1) is 16.5. The minimum atomic E-state index is 0.788. The summed E-state index contributed by atoms with van der Waals surface area (Å²) < 4.78 is 0. The van der Waals surface area contributed by atoms with Crippen molar-refractivity contribution in [1.82, 2.24) is 9.80 Å². The van der Waals surface area contributed by atoms with E-state index in [1.54, 1.807) is 0 Å². The van der Waals surface area contributed by atoms with Crippen molar-refractivity contribution in [1.29, 1.82) is 0 Å². The Morgan fingerprint density at radius 1 is 1.10 bits per heavy atom. The molecule has 2 heteroatoms. The van der Waals surface area contributed by atoms with Gasteiger partial charge in [0.05, 0.1) is 0 Å². The van der Waals surface area contributed by atoms with Crippen molar-refractivity contribution in [3.8, 4) is 0 Å². The fourth-order valence-electron chi connectivity index (χ4n) is 3.30. The van der Waals surface area contributed by atoms with Crippen LogP contribution in [-0.4, -0.2) is 49.1 Å². The van der Waals surface area contributed by atoms with Gasteiger partial charge in [0.2, 0.25) is 0 Å². The molecule has 1 fully saturated rings. The summed E-state index contributed by atoms with van der Waals surface area (Å²) in [5.41, 5.74) is 1.46. The summed E-state index contributed by atoms with van der Waals surface area (Å²) in [6.07, 6.45) is 7.96. The van der Waals surface area contributed by atoms with E-state index in [0.29, 0.717) is 0 Å². The predicted molar refractivity (Wildman–Crippen MR) is 91.8 cm³/mol. The van der Waals surface area contributed by atoms with Gasteiger partial charge in [0.25, 0.3) is 0 Å². The van der Waals surface area contributed by atoms with Crippen LogP contribution >= 0.6 is 0 Å². The second kappa shape index (κ2) is 9.22. The third-order valence-corrected chi connectivity index (χ3v) is 4.85. The van der Waals surface area contributed by atoms with Gasteiger partial charge in [-0.05, 0) is 57.9 Å². The molecule has 1 heterocycles. The van der Waals surface area contributed by atoms with E-state index in [4.69, 9.17) is 0 Å². The highest BCUT2D eigenvalue weighted by Crippen LogP contribution is 2.16. The van der Waals surface area contributed by atoms with Crippen molar-refractivity contribution < 1.29 is 0 Å². The molecule has 21 heavy (non-hydrogen) atoms. The Kier molecular flexibility index (Phi) is 7.25. The molecule has 0 unspecified atom stereocenters. The van der Waals surface area contributed by atoms with Crippen LogP contribution in [0.5, 0.6) is 0 Å². The van der Waals surface area contributed by atoms with Crippen molar-refractivity contribution in [3.63, 3.8) is 0 Å². The van der Waals surface area contributed by atoms with E-state index in [2.05, 4.69) is 54.1 Å². The minimum absolute atomic E-state index is 0.788. The van der Waals surface area contributed by atoms with E-state index in [1.807, 2.05) is 0 Å². The van der Waals surface area contributed by atoms with Crippen LogP contribution in [0.15, 0.2) is 30.3 Å². The lowest BCUT2D eigenvalue weighted by molar-refractivity contribution is 0.127. The monoisotopic (exact) mass is 288 g/mol. The van der Waals surface area contributed by atoms with Gasteiger partial charge in [-0.15, -0.1) is 0 Å². The van der Waals surface area contributed by atoms with Gasteiger partial charge in [-0.1, -0.05) is 50.1 Å². The second-order valence-electron chi connectivity index (χ2n) is 6.50. The molecular formula is C19H32N2. The molecule has 0 aliphatic carbocycles. The first-order valence-electron chi connectivity index (χ1n) is 8.76. The van der Waals surface area contributed by atoms with Gasteiger partial charge in [-0.3, -0.25) is 0 Å². The van der Waals surface area contributed by atoms with Crippen LogP contribution in [0.1, 0.15) is 44.6 Å². The average molecular weight is 288 g/mol. The summed E-state index contributed by atoms with van der Waals surface area (Å²) in [7, 11) is 2.31. The standard InChI is InChI=1S/C19H32N2/c1-3-4-8-14-21-16-12-19(13-17-21)20(2)15-11-18-9-6-5-7-10-18/h5-7,9-10,19H,3-4,8,11-17H2,1-2H3. The Morgan fingerprint density at radius 2 is 1.81 bits per heavy atom. The Labute approximate surface area is 131 Å². The number of likely N-dealkylation sites (N-methyl/N-ethyl adjacent to an activating group) is 1. The first-order valence-corrected chi connectivity index (χ1v) is 8.76. The molecule has 0 amide bonds. The lowest BCUT2D eigenvalue weighted by Gasteiger charge is -2.36. The molecule has 0 spiro atoms. The molecule has 2 nitrogen and oxygen atoms in total. The number of benzene rings is 1. The molecule has 118 valence electrons. The van der Waals surface area contributed by atoms with Crippen LogP contribution in [-0.2, 0) is 6.42 Å². The lowest BCUT2D eigenvalue weighted by Crippen LogP contribution is -2.44. The molecule has 1 aromatic rings. The Morgan fingerprint density at radius 3 is 2.48 bits per heavy atom. The molecule has 0 bridgehead atoms. The number of rotatable bonds is 8. The van der Waals surface area contributed by atoms with Gasteiger partial charge < -0.3 is 9.80 Å². The van der Waals surface area contributed by atoms with Crippen molar-refractivity contribution in [3.05, 3.63) is 35.9 Å². The molecule has 0 saturated carbocycles. The summed E-state index contributed by atoms with van der Waals surface area (Å²) in [6.45, 7) is 7.38. The smallest absolute Gasteiger partial charge is 0.0117 e. The molecule has 1 saturated heterocycles. The van der Waals surface area contributed by atoms with Gasteiger partial charge in [-0.25, -0.2) is 0 Å². The predicted octanol–water partition coefficient (Wildman–Crippen LogP) is 3.82. The van der Waals surface area contributed by atoms with Crippen molar-refractivity contribution in [2.24, 2.45) is 0 Å². The Bertz CT molecular complexity index is 368. The zero-order chi connectivity index (χ0) is 14.9. The third kappa shape index (κ3) is 5.80. The lowest BCUT2D eigenvalue weighted by atomic mass is 10.0. The van der Waals surface area contributed by atoms with Gasteiger partial charge in [0.1, 0.15) is 0 Å². The molecule has 2 rings (SSSR count). The van der Waals surface area contributed by atoms with E-state index in [0.717, 1.165) is 6.04 Å². The fourth-order valence-corrected chi connectivity index (χ4v) is 3.30. The van der Waals surface area contributed by atoms with E-state index in [9.17, 15) is 0 Å². The van der Waals surface area contributed by atoms with Crippen LogP contribution in [0.2, 0.25) is 0 Å².